The lowest BCUT2D eigenvalue weighted by atomic mass is 9.98. The number of rotatable bonds is 11. The van der Waals surface area contributed by atoms with Crippen LogP contribution in [0.25, 0.3) is 11.1 Å². The molecule has 0 aliphatic carbocycles. The molecule has 2 aromatic rings. The second-order valence-corrected chi connectivity index (χ2v) is 8.45. The molecule has 0 aliphatic heterocycles. The lowest BCUT2D eigenvalue weighted by Crippen LogP contribution is -2.24. The standard InChI is InChI=1S/C22H29O5P/c1-4-25-22(23)21(17-28(24,26-5-2)27-6-3)16-18-12-14-20(15-13-18)19-10-8-7-9-11-19/h7-15,21H,4-6,16-17H2,1-3H3. The van der Waals surface area contributed by atoms with Gasteiger partial charge in [0, 0.05) is 0 Å². The Balaban J connectivity index is 2.17. The smallest absolute Gasteiger partial charge is 0.331 e. The number of hydrogen-bond donors (Lipinski definition) is 0. The molecule has 0 bridgehead atoms. The molecule has 28 heavy (non-hydrogen) atoms. The van der Waals surface area contributed by atoms with Gasteiger partial charge in [-0.15, -0.1) is 0 Å². The van der Waals surface area contributed by atoms with Gasteiger partial charge in [-0.05, 0) is 43.9 Å². The van der Waals surface area contributed by atoms with Crippen molar-refractivity contribution >= 4 is 13.6 Å². The number of benzene rings is 2. The fourth-order valence-corrected chi connectivity index (χ4v) is 4.93. The third-order valence-electron chi connectivity index (χ3n) is 4.26. The quantitative estimate of drug-likeness (QED) is 0.374. The molecule has 152 valence electrons. The average molecular weight is 404 g/mol. The first-order valence-electron chi connectivity index (χ1n) is 9.70. The largest absolute Gasteiger partial charge is 0.466 e. The van der Waals surface area contributed by atoms with E-state index in [1.54, 1.807) is 20.8 Å². The van der Waals surface area contributed by atoms with E-state index in [1.807, 2.05) is 42.5 Å². The van der Waals surface area contributed by atoms with Crippen LogP contribution in [0.5, 0.6) is 0 Å². The summed E-state index contributed by atoms with van der Waals surface area (Å²) in [4.78, 5) is 12.5. The molecular weight excluding hydrogens is 375 g/mol. The van der Waals surface area contributed by atoms with Crippen LogP contribution in [0.15, 0.2) is 54.6 Å². The molecule has 0 aromatic heterocycles. The topological polar surface area (TPSA) is 61.8 Å². The van der Waals surface area contributed by atoms with Crippen molar-refractivity contribution in [1.29, 1.82) is 0 Å². The lowest BCUT2D eigenvalue weighted by Gasteiger charge is -2.22. The Labute approximate surface area is 167 Å². The van der Waals surface area contributed by atoms with Crippen molar-refractivity contribution in [1.82, 2.24) is 0 Å². The van der Waals surface area contributed by atoms with Gasteiger partial charge in [-0.1, -0.05) is 54.6 Å². The number of carbonyl (C=O) groups is 1. The number of hydrogen-bond acceptors (Lipinski definition) is 5. The summed E-state index contributed by atoms with van der Waals surface area (Å²) in [5.41, 5.74) is 3.21. The highest BCUT2D eigenvalue weighted by Gasteiger charge is 2.33. The third-order valence-corrected chi connectivity index (χ3v) is 6.45. The number of carbonyl (C=O) groups excluding carboxylic acids is 1. The summed E-state index contributed by atoms with van der Waals surface area (Å²) in [5.74, 6) is -0.972. The second-order valence-electron chi connectivity index (χ2n) is 6.35. The summed E-state index contributed by atoms with van der Waals surface area (Å²) < 4.78 is 28.8. The first-order chi connectivity index (χ1) is 13.5. The number of esters is 1. The van der Waals surface area contributed by atoms with Crippen LogP contribution >= 0.6 is 7.60 Å². The van der Waals surface area contributed by atoms with E-state index in [1.165, 1.54) is 0 Å². The van der Waals surface area contributed by atoms with E-state index in [2.05, 4.69) is 12.1 Å². The van der Waals surface area contributed by atoms with Crippen molar-refractivity contribution in [3.05, 3.63) is 60.2 Å². The average Bonchev–Trinajstić information content (AvgIpc) is 2.69. The maximum Gasteiger partial charge on any atom is 0.331 e. The molecule has 2 rings (SSSR count). The van der Waals surface area contributed by atoms with Crippen LogP contribution in [-0.2, 0) is 29.6 Å². The highest BCUT2D eigenvalue weighted by atomic mass is 31.2. The van der Waals surface area contributed by atoms with Gasteiger partial charge in [-0.2, -0.15) is 0 Å². The van der Waals surface area contributed by atoms with Crippen LogP contribution in [0.4, 0.5) is 0 Å². The molecule has 1 atom stereocenters. The molecule has 0 heterocycles. The molecule has 0 spiro atoms. The van der Waals surface area contributed by atoms with E-state index in [-0.39, 0.29) is 32.0 Å². The predicted octanol–water partition coefficient (Wildman–Crippen LogP) is 5.34. The van der Waals surface area contributed by atoms with E-state index < -0.39 is 13.5 Å². The minimum absolute atomic E-state index is 0.00789. The summed E-state index contributed by atoms with van der Waals surface area (Å²) in [6, 6.07) is 18.1. The van der Waals surface area contributed by atoms with Crippen molar-refractivity contribution in [2.75, 3.05) is 26.0 Å². The van der Waals surface area contributed by atoms with Crippen LogP contribution in [0.3, 0.4) is 0 Å². The van der Waals surface area contributed by atoms with Crippen LogP contribution < -0.4 is 0 Å². The lowest BCUT2D eigenvalue weighted by molar-refractivity contribution is -0.147. The van der Waals surface area contributed by atoms with Crippen LogP contribution in [0.2, 0.25) is 0 Å². The van der Waals surface area contributed by atoms with Crippen molar-refractivity contribution < 1.29 is 23.1 Å². The summed E-state index contributed by atoms with van der Waals surface area (Å²) >= 11 is 0. The van der Waals surface area contributed by atoms with Gasteiger partial charge in [0.1, 0.15) is 0 Å². The van der Waals surface area contributed by atoms with E-state index in [9.17, 15) is 9.36 Å². The minimum atomic E-state index is -3.35. The minimum Gasteiger partial charge on any atom is -0.466 e. The van der Waals surface area contributed by atoms with Gasteiger partial charge in [-0.3, -0.25) is 9.36 Å². The molecular formula is C22H29O5P. The Morgan fingerprint density at radius 2 is 1.43 bits per heavy atom. The Hall–Kier alpha value is -1.94. The second kappa shape index (κ2) is 11.2. The molecule has 0 saturated heterocycles. The van der Waals surface area contributed by atoms with Gasteiger partial charge in [0.05, 0.1) is 31.9 Å². The predicted molar refractivity (Wildman–Crippen MR) is 111 cm³/mol. The molecule has 0 N–H and O–H groups in total. The molecule has 0 aliphatic rings. The first kappa shape index (κ1) is 22.4. The summed E-state index contributed by atoms with van der Waals surface area (Å²) in [5, 5.41) is 0. The van der Waals surface area contributed by atoms with Gasteiger partial charge >= 0.3 is 13.6 Å². The van der Waals surface area contributed by atoms with Gasteiger partial charge in [0.25, 0.3) is 0 Å². The Bertz CT molecular complexity index is 763. The maximum atomic E-state index is 12.9. The highest BCUT2D eigenvalue weighted by molar-refractivity contribution is 7.53. The van der Waals surface area contributed by atoms with Crippen LogP contribution in [0, 0.1) is 5.92 Å². The molecule has 5 nitrogen and oxygen atoms in total. The molecule has 0 amide bonds. The number of ether oxygens (including phenoxy) is 1. The highest BCUT2D eigenvalue weighted by Crippen LogP contribution is 2.50. The molecule has 0 fully saturated rings. The Morgan fingerprint density at radius 1 is 0.857 bits per heavy atom. The fraction of sp³-hybridized carbons (Fsp3) is 0.409. The van der Waals surface area contributed by atoms with Crippen LogP contribution in [0.1, 0.15) is 26.3 Å². The fourth-order valence-electron chi connectivity index (χ4n) is 3.04. The third kappa shape index (κ3) is 6.59. The normalized spacial score (nSPS) is 12.5. The van der Waals surface area contributed by atoms with Gasteiger partial charge in [0.2, 0.25) is 0 Å². The zero-order valence-corrected chi connectivity index (χ0v) is 17.7. The van der Waals surface area contributed by atoms with Crippen molar-refractivity contribution in [3.8, 4) is 11.1 Å². The molecule has 6 heteroatoms. The summed E-state index contributed by atoms with van der Waals surface area (Å²) in [6.07, 6.45) is 0.423. The monoisotopic (exact) mass is 404 g/mol. The molecule has 0 radical (unpaired) electrons. The SMILES string of the molecule is CCOC(=O)C(Cc1ccc(-c2ccccc2)cc1)CP(=O)(OCC)OCC. The zero-order chi connectivity index (χ0) is 20.4. The van der Waals surface area contributed by atoms with Gasteiger partial charge in [-0.25, -0.2) is 0 Å². The summed E-state index contributed by atoms with van der Waals surface area (Å²) in [7, 11) is -3.35. The van der Waals surface area contributed by atoms with E-state index in [0.717, 1.165) is 16.7 Å². The van der Waals surface area contributed by atoms with E-state index in [0.29, 0.717) is 6.42 Å². The maximum absolute atomic E-state index is 12.9. The van der Waals surface area contributed by atoms with E-state index in [4.69, 9.17) is 13.8 Å². The molecule has 2 aromatic carbocycles. The first-order valence-corrected chi connectivity index (χ1v) is 11.4. The Kier molecular flexibility index (Phi) is 8.91. The molecule has 0 saturated carbocycles. The van der Waals surface area contributed by atoms with E-state index >= 15 is 0 Å². The van der Waals surface area contributed by atoms with Crippen LogP contribution in [-0.4, -0.2) is 32.0 Å². The summed E-state index contributed by atoms with van der Waals surface area (Å²) in [6.45, 7) is 6.07. The molecule has 1 unspecified atom stereocenters. The van der Waals surface area contributed by atoms with Crippen molar-refractivity contribution in [2.45, 2.75) is 27.2 Å². The van der Waals surface area contributed by atoms with Gasteiger partial charge < -0.3 is 13.8 Å². The van der Waals surface area contributed by atoms with Gasteiger partial charge in [0.15, 0.2) is 0 Å². The Morgan fingerprint density at radius 3 is 1.96 bits per heavy atom. The van der Waals surface area contributed by atoms with Crippen molar-refractivity contribution in [2.24, 2.45) is 5.92 Å². The van der Waals surface area contributed by atoms with Crippen molar-refractivity contribution in [3.63, 3.8) is 0 Å². The zero-order valence-electron chi connectivity index (χ0n) is 16.8.